The third kappa shape index (κ3) is 3.46. The van der Waals surface area contributed by atoms with Gasteiger partial charge in [-0.15, -0.1) is 6.58 Å². The van der Waals surface area contributed by atoms with Gasteiger partial charge in [0.2, 0.25) is 0 Å². The molecular formula is C19H22O2. The molecule has 0 spiro atoms. The summed E-state index contributed by atoms with van der Waals surface area (Å²) >= 11 is 0. The standard InChI is InChI=1S/C19H22O2/c1-4-6-14-13-17(21-3)9-10-18(14)15-8-11-19(20)16(12-15)7-5-2/h5,8-13,20H,2,4,6-7H2,1,3H3. The van der Waals surface area contributed by atoms with Crippen LogP contribution < -0.4 is 4.74 Å². The minimum Gasteiger partial charge on any atom is -0.508 e. The van der Waals surface area contributed by atoms with Gasteiger partial charge in [0.25, 0.3) is 0 Å². The third-order valence-corrected chi connectivity index (χ3v) is 3.59. The first-order valence-corrected chi connectivity index (χ1v) is 7.29. The summed E-state index contributed by atoms with van der Waals surface area (Å²) in [5.74, 6) is 1.21. The molecule has 0 aliphatic heterocycles. The van der Waals surface area contributed by atoms with Crippen LogP contribution in [0.25, 0.3) is 11.1 Å². The lowest BCUT2D eigenvalue weighted by molar-refractivity contribution is 0.414. The Balaban J connectivity index is 2.49. The number of aryl methyl sites for hydroxylation is 1. The highest BCUT2D eigenvalue weighted by Crippen LogP contribution is 2.31. The average Bonchev–Trinajstić information content (AvgIpc) is 2.50. The van der Waals surface area contributed by atoms with E-state index in [0.29, 0.717) is 12.2 Å². The van der Waals surface area contributed by atoms with Gasteiger partial charge >= 0.3 is 0 Å². The molecule has 0 aliphatic carbocycles. The molecule has 0 bridgehead atoms. The summed E-state index contributed by atoms with van der Waals surface area (Å²) in [6.07, 6.45) is 4.56. The number of rotatable bonds is 6. The number of allylic oxidation sites excluding steroid dienone is 1. The number of phenolic OH excluding ortho intramolecular Hbond substituents is 1. The van der Waals surface area contributed by atoms with Crippen LogP contribution in [0.1, 0.15) is 24.5 Å². The van der Waals surface area contributed by atoms with Crippen LogP contribution in [0.15, 0.2) is 49.1 Å². The van der Waals surface area contributed by atoms with Crippen molar-refractivity contribution in [3.8, 4) is 22.6 Å². The van der Waals surface area contributed by atoms with Gasteiger partial charge in [-0.05, 0) is 59.4 Å². The van der Waals surface area contributed by atoms with Gasteiger partial charge in [0, 0.05) is 0 Å². The topological polar surface area (TPSA) is 29.5 Å². The van der Waals surface area contributed by atoms with E-state index in [2.05, 4.69) is 25.6 Å². The second kappa shape index (κ2) is 6.98. The average molecular weight is 282 g/mol. The van der Waals surface area contributed by atoms with E-state index in [0.717, 1.165) is 29.7 Å². The first-order valence-electron chi connectivity index (χ1n) is 7.29. The predicted octanol–water partition coefficient (Wildman–Crippen LogP) is 4.75. The van der Waals surface area contributed by atoms with Crippen molar-refractivity contribution in [3.05, 3.63) is 60.2 Å². The van der Waals surface area contributed by atoms with E-state index in [-0.39, 0.29) is 0 Å². The Hall–Kier alpha value is -2.22. The van der Waals surface area contributed by atoms with Gasteiger partial charge in [-0.25, -0.2) is 0 Å². The summed E-state index contributed by atoms with van der Waals surface area (Å²) in [6.45, 7) is 5.91. The Bertz CT molecular complexity index is 629. The van der Waals surface area contributed by atoms with Crippen molar-refractivity contribution in [1.82, 2.24) is 0 Å². The molecular weight excluding hydrogens is 260 g/mol. The fourth-order valence-corrected chi connectivity index (χ4v) is 2.53. The third-order valence-electron chi connectivity index (χ3n) is 3.59. The zero-order valence-electron chi connectivity index (χ0n) is 12.7. The zero-order chi connectivity index (χ0) is 15.2. The second-order valence-electron chi connectivity index (χ2n) is 5.11. The van der Waals surface area contributed by atoms with Crippen LogP contribution >= 0.6 is 0 Å². The van der Waals surface area contributed by atoms with Crippen LogP contribution in [-0.2, 0) is 12.8 Å². The number of methoxy groups -OCH3 is 1. The number of phenols is 1. The first-order chi connectivity index (χ1) is 10.2. The van der Waals surface area contributed by atoms with E-state index in [4.69, 9.17) is 4.74 Å². The van der Waals surface area contributed by atoms with Crippen LogP contribution in [0.5, 0.6) is 11.5 Å². The number of aromatic hydroxyl groups is 1. The molecule has 2 nitrogen and oxygen atoms in total. The highest BCUT2D eigenvalue weighted by Gasteiger charge is 2.09. The fraction of sp³-hybridized carbons (Fsp3) is 0.263. The van der Waals surface area contributed by atoms with Gasteiger partial charge in [0.05, 0.1) is 7.11 Å². The summed E-state index contributed by atoms with van der Waals surface area (Å²) in [7, 11) is 1.69. The predicted molar refractivity (Wildman–Crippen MR) is 88.0 cm³/mol. The molecule has 0 aliphatic rings. The van der Waals surface area contributed by atoms with Gasteiger partial charge in [-0.1, -0.05) is 31.6 Å². The molecule has 110 valence electrons. The molecule has 0 atom stereocenters. The summed E-state index contributed by atoms with van der Waals surface area (Å²) in [6, 6.07) is 11.9. The van der Waals surface area contributed by atoms with E-state index in [1.165, 1.54) is 11.1 Å². The molecule has 0 unspecified atom stereocenters. The molecule has 0 radical (unpaired) electrons. The maximum Gasteiger partial charge on any atom is 0.119 e. The smallest absolute Gasteiger partial charge is 0.119 e. The van der Waals surface area contributed by atoms with Crippen molar-refractivity contribution in [3.63, 3.8) is 0 Å². The summed E-state index contributed by atoms with van der Waals surface area (Å²) in [5, 5.41) is 9.90. The Morgan fingerprint density at radius 2 is 1.95 bits per heavy atom. The zero-order valence-corrected chi connectivity index (χ0v) is 12.7. The highest BCUT2D eigenvalue weighted by atomic mass is 16.5. The summed E-state index contributed by atoms with van der Waals surface area (Å²) in [5.41, 5.74) is 4.49. The van der Waals surface area contributed by atoms with E-state index >= 15 is 0 Å². The normalized spacial score (nSPS) is 10.4. The molecule has 2 rings (SSSR count). The molecule has 0 saturated carbocycles. The van der Waals surface area contributed by atoms with Gasteiger partial charge in [0.1, 0.15) is 11.5 Å². The summed E-state index contributed by atoms with van der Waals surface area (Å²) in [4.78, 5) is 0. The largest absolute Gasteiger partial charge is 0.508 e. The second-order valence-corrected chi connectivity index (χ2v) is 5.11. The van der Waals surface area contributed by atoms with Gasteiger partial charge in [-0.3, -0.25) is 0 Å². The van der Waals surface area contributed by atoms with E-state index in [1.807, 2.05) is 18.2 Å². The van der Waals surface area contributed by atoms with Crippen molar-refractivity contribution in [1.29, 1.82) is 0 Å². The van der Waals surface area contributed by atoms with E-state index < -0.39 is 0 Å². The van der Waals surface area contributed by atoms with Crippen LogP contribution in [0.4, 0.5) is 0 Å². The summed E-state index contributed by atoms with van der Waals surface area (Å²) < 4.78 is 5.32. The van der Waals surface area contributed by atoms with Gasteiger partial charge in [-0.2, -0.15) is 0 Å². The van der Waals surface area contributed by atoms with Crippen LogP contribution in [0, 0.1) is 0 Å². The van der Waals surface area contributed by atoms with Crippen LogP contribution in [0.3, 0.4) is 0 Å². The minimum atomic E-state index is 0.323. The molecule has 0 aromatic heterocycles. The molecule has 0 fully saturated rings. The Kier molecular flexibility index (Phi) is 5.04. The number of ether oxygens (including phenoxy) is 1. The highest BCUT2D eigenvalue weighted by molar-refractivity contribution is 5.70. The Morgan fingerprint density at radius 3 is 2.62 bits per heavy atom. The van der Waals surface area contributed by atoms with Crippen molar-refractivity contribution in [2.24, 2.45) is 0 Å². The van der Waals surface area contributed by atoms with Crippen LogP contribution in [0.2, 0.25) is 0 Å². The maximum atomic E-state index is 9.90. The SMILES string of the molecule is C=CCc1cc(-c2ccc(OC)cc2CCC)ccc1O. The van der Waals surface area contributed by atoms with Crippen LogP contribution in [-0.4, -0.2) is 12.2 Å². The number of benzene rings is 2. The molecule has 2 aromatic rings. The van der Waals surface area contributed by atoms with Gasteiger partial charge < -0.3 is 9.84 Å². The molecule has 0 amide bonds. The van der Waals surface area contributed by atoms with Gasteiger partial charge in [0.15, 0.2) is 0 Å². The molecule has 1 N–H and O–H groups in total. The minimum absolute atomic E-state index is 0.323. The van der Waals surface area contributed by atoms with Crippen molar-refractivity contribution in [2.45, 2.75) is 26.2 Å². The first kappa shape index (κ1) is 15.2. The van der Waals surface area contributed by atoms with Crippen molar-refractivity contribution < 1.29 is 9.84 Å². The van der Waals surface area contributed by atoms with E-state index in [1.54, 1.807) is 19.3 Å². The molecule has 0 saturated heterocycles. The maximum absolute atomic E-state index is 9.90. The van der Waals surface area contributed by atoms with E-state index in [9.17, 15) is 5.11 Å². The molecule has 21 heavy (non-hydrogen) atoms. The fourth-order valence-electron chi connectivity index (χ4n) is 2.53. The Labute approximate surface area is 126 Å². The number of hydrogen-bond acceptors (Lipinski definition) is 2. The van der Waals surface area contributed by atoms with Crippen molar-refractivity contribution >= 4 is 0 Å². The number of hydrogen-bond donors (Lipinski definition) is 1. The molecule has 2 aromatic carbocycles. The monoisotopic (exact) mass is 282 g/mol. The Morgan fingerprint density at radius 1 is 1.14 bits per heavy atom. The lowest BCUT2D eigenvalue weighted by Gasteiger charge is -2.13. The lowest BCUT2D eigenvalue weighted by atomic mass is 9.94. The quantitative estimate of drug-likeness (QED) is 0.775. The molecule has 2 heteroatoms. The molecule has 0 heterocycles. The van der Waals surface area contributed by atoms with Crippen molar-refractivity contribution in [2.75, 3.05) is 7.11 Å². The lowest BCUT2D eigenvalue weighted by Crippen LogP contribution is -1.93.